The molecule has 28 heavy (non-hydrogen) atoms. The predicted octanol–water partition coefficient (Wildman–Crippen LogP) is 2.81. The minimum absolute atomic E-state index is 0.168. The van der Waals surface area contributed by atoms with Gasteiger partial charge in [0.05, 0.1) is 26.0 Å². The third-order valence-corrected chi connectivity index (χ3v) is 3.44. The number of hydrazone groups is 1. The highest BCUT2D eigenvalue weighted by atomic mass is 19.4. The van der Waals surface area contributed by atoms with Gasteiger partial charge in [0, 0.05) is 5.69 Å². The summed E-state index contributed by atoms with van der Waals surface area (Å²) in [5.74, 6) is -1.36. The van der Waals surface area contributed by atoms with Crippen LogP contribution in [0.15, 0.2) is 47.6 Å². The Labute approximate surface area is 158 Å². The Kier molecular flexibility index (Phi) is 6.59. The van der Waals surface area contributed by atoms with E-state index in [1.54, 1.807) is 18.2 Å². The quantitative estimate of drug-likeness (QED) is 0.463. The van der Waals surface area contributed by atoms with Crippen molar-refractivity contribution in [3.8, 4) is 11.5 Å². The smallest absolute Gasteiger partial charge is 0.416 e. The van der Waals surface area contributed by atoms with Gasteiger partial charge in [-0.1, -0.05) is 6.07 Å². The highest BCUT2D eigenvalue weighted by Crippen LogP contribution is 2.30. The molecule has 2 aromatic rings. The lowest BCUT2D eigenvalue weighted by Crippen LogP contribution is -2.32. The molecular weight excluding hydrogens is 379 g/mol. The average molecular weight is 395 g/mol. The molecule has 0 radical (unpaired) electrons. The number of alkyl halides is 3. The van der Waals surface area contributed by atoms with Crippen molar-refractivity contribution in [2.75, 3.05) is 19.5 Å². The van der Waals surface area contributed by atoms with E-state index < -0.39 is 23.6 Å². The Morgan fingerprint density at radius 1 is 1.00 bits per heavy atom. The number of rotatable bonds is 5. The zero-order chi connectivity index (χ0) is 20.7. The maximum absolute atomic E-state index is 12.7. The summed E-state index contributed by atoms with van der Waals surface area (Å²) in [7, 11) is 2.94. The second-order valence-electron chi connectivity index (χ2n) is 5.35. The summed E-state index contributed by atoms with van der Waals surface area (Å²) in [5, 5.41) is 5.70. The lowest BCUT2D eigenvalue weighted by atomic mass is 10.2. The highest BCUT2D eigenvalue weighted by molar-refractivity contribution is 6.39. The largest absolute Gasteiger partial charge is 0.493 e. The van der Waals surface area contributed by atoms with Crippen LogP contribution in [0.2, 0.25) is 0 Å². The van der Waals surface area contributed by atoms with Crippen molar-refractivity contribution < 1.29 is 32.2 Å². The van der Waals surface area contributed by atoms with Crippen LogP contribution < -0.4 is 20.2 Å². The molecule has 0 spiro atoms. The number of carbonyl (C=O) groups excluding carboxylic acids is 2. The number of anilines is 1. The number of methoxy groups -OCH3 is 2. The number of nitrogens with one attached hydrogen (secondary N) is 2. The first-order valence-corrected chi connectivity index (χ1v) is 7.78. The fourth-order valence-electron chi connectivity index (χ4n) is 2.11. The molecule has 0 heterocycles. The molecule has 10 heteroatoms. The van der Waals surface area contributed by atoms with Crippen molar-refractivity contribution in [3.05, 3.63) is 53.6 Å². The van der Waals surface area contributed by atoms with Crippen LogP contribution in [0.5, 0.6) is 11.5 Å². The molecule has 0 bridgehead atoms. The Morgan fingerprint density at radius 2 is 1.71 bits per heavy atom. The van der Waals surface area contributed by atoms with Gasteiger partial charge in [-0.05, 0) is 42.0 Å². The Morgan fingerprint density at radius 3 is 2.36 bits per heavy atom. The van der Waals surface area contributed by atoms with Gasteiger partial charge >= 0.3 is 18.0 Å². The molecule has 7 nitrogen and oxygen atoms in total. The summed E-state index contributed by atoms with van der Waals surface area (Å²) >= 11 is 0. The Hall–Kier alpha value is -3.56. The van der Waals surface area contributed by atoms with Crippen LogP contribution in [0.25, 0.3) is 0 Å². The van der Waals surface area contributed by atoms with Gasteiger partial charge in [-0.3, -0.25) is 9.59 Å². The summed E-state index contributed by atoms with van der Waals surface area (Å²) in [4.78, 5) is 23.5. The topological polar surface area (TPSA) is 89.0 Å². The number of nitrogens with zero attached hydrogens (tertiary/aromatic N) is 1. The number of ether oxygens (including phenoxy) is 2. The van der Waals surface area contributed by atoms with Gasteiger partial charge in [-0.15, -0.1) is 0 Å². The van der Waals surface area contributed by atoms with E-state index >= 15 is 0 Å². The summed E-state index contributed by atoms with van der Waals surface area (Å²) in [6, 6.07) is 8.78. The Balaban J connectivity index is 1.98. The summed E-state index contributed by atoms with van der Waals surface area (Å²) < 4.78 is 48.2. The first-order chi connectivity index (χ1) is 13.2. The van der Waals surface area contributed by atoms with E-state index in [2.05, 4.69) is 10.4 Å². The number of carbonyl (C=O) groups is 2. The number of halogens is 3. The van der Waals surface area contributed by atoms with Crippen LogP contribution in [0, 0.1) is 0 Å². The minimum atomic E-state index is -4.56. The second kappa shape index (κ2) is 8.89. The van der Waals surface area contributed by atoms with Crippen LogP contribution in [0.3, 0.4) is 0 Å². The molecule has 2 aromatic carbocycles. The molecule has 0 fully saturated rings. The molecule has 0 unspecified atom stereocenters. The molecular formula is C18H16F3N3O4. The van der Waals surface area contributed by atoms with Gasteiger partial charge in [0.15, 0.2) is 11.5 Å². The molecule has 148 valence electrons. The SMILES string of the molecule is COc1ccc(/C=N/NC(=O)C(=O)Nc2cccc(C(F)(F)F)c2)cc1OC. The first kappa shape index (κ1) is 20.7. The summed E-state index contributed by atoms with van der Waals surface area (Å²) in [5.41, 5.74) is 1.42. The van der Waals surface area contributed by atoms with E-state index in [0.717, 1.165) is 18.2 Å². The molecule has 2 amide bonds. The number of amides is 2. The molecule has 0 aliphatic carbocycles. The number of hydrogen-bond donors (Lipinski definition) is 2. The van der Waals surface area contributed by atoms with E-state index in [1.165, 1.54) is 26.5 Å². The monoisotopic (exact) mass is 395 g/mol. The predicted molar refractivity (Wildman–Crippen MR) is 95.4 cm³/mol. The lowest BCUT2D eigenvalue weighted by molar-refractivity contribution is -0.137. The van der Waals surface area contributed by atoms with Gasteiger partial charge < -0.3 is 14.8 Å². The van der Waals surface area contributed by atoms with Crippen molar-refractivity contribution in [1.29, 1.82) is 0 Å². The fraction of sp³-hybridized carbons (Fsp3) is 0.167. The average Bonchev–Trinajstić information content (AvgIpc) is 2.67. The normalized spacial score (nSPS) is 11.2. The molecule has 0 aromatic heterocycles. The zero-order valence-corrected chi connectivity index (χ0v) is 14.8. The molecule has 0 aliphatic rings. The zero-order valence-electron chi connectivity index (χ0n) is 14.8. The van der Waals surface area contributed by atoms with Gasteiger partial charge in [0.25, 0.3) is 0 Å². The van der Waals surface area contributed by atoms with E-state index in [-0.39, 0.29) is 5.69 Å². The van der Waals surface area contributed by atoms with E-state index in [0.29, 0.717) is 17.1 Å². The van der Waals surface area contributed by atoms with Crippen molar-refractivity contribution in [3.63, 3.8) is 0 Å². The molecule has 0 saturated carbocycles. The van der Waals surface area contributed by atoms with Crippen LogP contribution >= 0.6 is 0 Å². The standard InChI is InChI=1S/C18H16F3N3O4/c1-27-14-7-6-11(8-15(14)28-2)10-22-24-17(26)16(25)23-13-5-3-4-12(9-13)18(19,20)21/h3-10H,1-2H3,(H,23,25)(H,24,26)/b22-10+. The minimum Gasteiger partial charge on any atom is -0.493 e. The van der Waals surface area contributed by atoms with Gasteiger partial charge in [0.2, 0.25) is 0 Å². The maximum atomic E-state index is 12.7. The highest BCUT2D eigenvalue weighted by Gasteiger charge is 2.30. The van der Waals surface area contributed by atoms with Crippen molar-refractivity contribution in [2.45, 2.75) is 6.18 Å². The summed E-state index contributed by atoms with van der Waals surface area (Å²) in [6.07, 6.45) is -3.30. The van der Waals surface area contributed by atoms with Crippen LogP contribution in [0.1, 0.15) is 11.1 Å². The number of hydrogen-bond acceptors (Lipinski definition) is 5. The maximum Gasteiger partial charge on any atom is 0.416 e. The number of benzene rings is 2. The lowest BCUT2D eigenvalue weighted by Gasteiger charge is -2.09. The molecule has 2 N–H and O–H groups in total. The first-order valence-electron chi connectivity index (χ1n) is 7.78. The van der Waals surface area contributed by atoms with Gasteiger partial charge in [-0.2, -0.15) is 18.3 Å². The van der Waals surface area contributed by atoms with E-state index in [9.17, 15) is 22.8 Å². The second-order valence-corrected chi connectivity index (χ2v) is 5.35. The van der Waals surface area contributed by atoms with Crippen molar-refractivity contribution in [1.82, 2.24) is 5.43 Å². The molecule has 2 rings (SSSR count). The van der Waals surface area contributed by atoms with Crippen LogP contribution in [-0.4, -0.2) is 32.2 Å². The fourth-order valence-corrected chi connectivity index (χ4v) is 2.11. The third-order valence-electron chi connectivity index (χ3n) is 3.44. The van der Waals surface area contributed by atoms with Crippen LogP contribution in [0.4, 0.5) is 18.9 Å². The summed E-state index contributed by atoms with van der Waals surface area (Å²) in [6.45, 7) is 0. The molecule has 0 saturated heterocycles. The van der Waals surface area contributed by atoms with Crippen molar-refractivity contribution >= 4 is 23.7 Å². The molecule has 0 atom stereocenters. The Bertz CT molecular complexity index is 898. The van der Waals surface area contributed by atoms with Crippen molar-refractivity contribution in [2.24, 2.45) is 5.10 Å². The van der Waals surface area contributed by atoms with Gasteiger partial charge in [-0.25, -0.2) is 5.43 Å². The van der Waals surface area contributed by atoms with Crippen LogP contribution in [-0.2, 0) is 15.8 Å². The van der Waals surface area contributed by atoms with Gasteiger partial charge in [0.1, 0.15) is 0 Å². The molecule has 0 aliphatic heterocycles. The van der Waals surface area contributed by atoms with E-state index in [1.807, 2.05) is 5.43 Å². The van der Waals surface area contributed by atoms with E-state index in [4.69, 9.17) is 9.47 Å². The third kappa shape index (κ3) is 5.47.